The lowest BCUT2D eigenvalue weighted by molar-refractivity contribution is -0.117. The van der Waals surface area contributed by atoms with Crippen LogP contribution in [0.1, 0.15) is 30.9 Å². The molecule has 0 heterocycles. The summed E-state index contributed by atoms with van der Waals surface area (Å²) in [5, 5.41) is 3.03. The van der Waals surface area contributed by atoms with Crippen LogP contribution in [0.5, 0.6) is 0 Å². The average molecular weight is 215 g/mol. The summed E-state index contributed by atoms with van der Waals surface area (Å²) in [4.78, 5) is 11.4. The van der Waals surface area contributed by atoms with Crippen LogP contribution in [0.3, 0.4) is 0 Å². The summed E-state index contributed by atoms with van der Waals surface area (Å²) in [6.45, 7) is 3.50. The molecule has 0 aromatic heterocycles. The van der Waals surface area contributed by atoms with Crippen molar-refractivity contribution in [2.24, 2.45) is 5.92 Å². The van der Waals surface area contributed by atoms with Crippen LogP contribution in [0.2, 0.25) is 0 Å². The third kappa shape index (κ3) is 2.32. The summed E-state index contributed by atoms with van der Waals surface area (Å²) >= 11 is 0. The second-order valence-electron chi connectivity index (χ2n) is 4.29. The first-order chi connectivity index (χ1) is 7.81. The maximum absolute atomic E-state index is 11.4. The number of hydrogen-bond donors (Lipinski definition) is 1. The number of nitrogens with one attached hydrogen (secondary N) is 1. The smallest absolute Gasteiger partial charge is 0.243 e. The summed E-state index contributed by atoms with van der Waals surface area (Å²) in [6.07, 6.45) is 5.03. The maximum Gasteiger partial charge on any atom is 0.243 e. The van der Waals surface area contributed by atoms with Gasteiger partial charge in [-0.25, -0.2) is 0 Å². The summed E-state index contributed by atoms with van der Waals surface area (Å²) < 4.78 is 0. The molecule has 84 valence electrons. The van der Waals surface area contributed by atoms with E-state index in [0.29, 0.717) is 5.92 Å². The zero-order valence-corrected chi connectivity index (χ0v) is 9.36. The second kappa shape index (κ2) is 4.97. The van der Waals surface area contributed by atoms with Gasteiger partial charge in [0.2, 0.25) is 5.91 Å². The Hall–Kier alpha value is -1.57. The molecule has 1 aromatic rings. The van der Waals surface area contributed by atoms with Crippen LogP contribution in [-0.4, -0.2) is 5.91 Å². The topological polar surface area (TPSA) is 29.1 Å². The molecule has 0 bridgehead atoms. The Kier molecular flexibility index (Phi) is 3.40. The van der Waals surface area contributed by atoms with Crippen molar-refractivity contribution in [3.63, 3.8) is 0 Å². The van der Waals surface area contributed by atoms with Crippen molar-refractivity contribution in [1.29, 1.82) is 0 Å². The Balaban J connectivity index is 2.14. The molecule has 1 unspecified atom stereocenters. The summed E-state index contributed by atoms with van der Waals surface area (Å²) in [6, 6.07) is 10.3. The third-order valence-electron chi connectivity index (χ3n) is 3.26. The Morgan fingerprint density at radius 2 is 2.06 bits per heavy atom. The van der Waals surface area contributed by atoms with E-state index in [0.717, 1.165) is 0 Å². The van der Waals surface area contributed by atoms with Crippen LogP contribution in [-0.2, 0) is 4.79 Å². The van der Waals surface area contributed by atoms with Crippen molar-refractivity contribution >= 4 is 5.91 Å². The van der Waals surface area contributed by atoms with Gasteiger partial charge in [-0.3, -0.25) is 4.79 Å². The fourth-order valence-electron chi connectivity index (χ4n) is 2.12. The van der Waals surface area contributed by atoms with Gasteiger partial charge in [0, 0.05) is 0 Å². The normalized spacial score (nSPS) is 17.2. The van der Waals surface area contributed by atoms with Crippen LogP contribution in [0.25, 0.3) is 0 Å². The molecule has 1 saturated carbocycles. The fraction of sp³-hybridized carbons (Fsp3) is 0.357. The van der Waals surface area contributed by atoms with E-state index < -0.39 is 0 Å². The summed E-state index contributed by atoms with van der Waals surface area (Å²) in [5.74, 6) is 0.507. The molecule has 1 atom stereocenters. The van der Waals surface area contributed by atoms with Gasteiger partial charge >= 0.3 is 0 Å². The van der Waals surface area contributed by atoms with Gasteiger partial charge in [-0.1, -0.05) is 43.3 Å². The van der Waals surface area contributed by atoms with Gasteiger partial charge in [0.1, 0.15) is 0 Å². The van der Waals surface area contributed by atoms with Gasteiger partial charge in [0.15, 0.2) is 0 Å². The number of rotatable bonds is 4. The summed E-state index contributed by atoms with van der Waals surface area (Å²) in [5.41, 5.74) is 1.20. The predicted molar refractivity (Wildman–Crippen MR) is 64.9 cm³/mol. The summed E-state index contributed by atoms with van der Waals surface area (Å²) in [7, 11) is 0. The standard InChI is InChI=1S/C14H17NO/c1-2-13(16)15-14(12-9-6-10-12)11-7-4-3-5-8-11/h2-5,7-8,12,14H,1,6,9-10H2,(H,15,16). The minimum absolute atomic E-state index is 0.0826. The highest BCUT2D eigenvalue weighted by atomic mass is 16.1. The van der Waals surface area contributed by atoms with E-state index in [9.17, 15) is 4.79 Å². The van der Waals surface area contributed by atoms with Crippen molar-refractivity contribution in [2.75, 3.05) is 0 Å². The molecule has 0 radical (unpaired) electrons. The molecule has 0 saturated heterocycles. The molecule has 1 aliphatic rings. The Bertz CT molecular complexity index is 368. The van der Waals surface area contributed by atoms with Crippen molar-refractivity contribution in [1.82, 2.24) is 5.32 Å². The second-order valence-corrected chi connectivity index (χ2v) is 4.29. The molecule has 1 amide bonds. The van der Waals surface area contributed by atoms with Gasteiger partial charge in [-0.05, 0) is 30.4 Å². The first-order valence-electron chi connectivity index (χ1n) is 5.79. The van der Waals surface area contributed by atoms with E-state index in [1.54, 1.807) is 0 Å². The van der Waals surface area contributed by atoms with Crippen LogP contribution < -0.4 is 5.32 Å². The molecular weight excluding hydrogens is 198 g/mol. The number of hydrogen-bond acceptors (Lipinski definition) is 1. The molecular formula is C14H17NO. The van der Waals surface area contributed by atoms with Gasteiger partial charge in [0.05, 0.1) is 6.04 Å². The zero-order valence-electron chi connectivity index (χ0n) is 9.36. The quantitative estimate of drug-likeness (QED) is 0.769. The van der Waals surface area contributed by atoms with Gasteiger partial charge < -0.3 is 5.32 Å². The number of carbonyl (C=O) groups is 1. The average Bonchev–Trinajstić information content (AvgIpc) is 2.27. The van der Waals surface area contributed by atoms with Crippen molar-refractivity contribution in [3.8, 4) is 0 Å². The molecule has 0 spiro atoms. The minimum atomic E-state index is -0.0826. The van der Waals surface area contributed by atoms with E-state index in [4.69, 9.17) is 0 Å². The van der Waals surface area contributed by atoms with Crippen LogP contribution in [0.15, 0.2) is 43.0 Å². The van der Waals surface area contributed by atoms with Gasteiger partial charge in [-0.15, -0.1) is 0 Å². The Labute approximate surface area is 96.4 Å². The minimum Gasteiger partial charge on any atom is -0.345 e. The van der Waals surface area contributed by atoms with E-state index in [-0.39, 0.29) is 11.9 Å². The monoisotopic (exact) mass is 215 g/mol. The van der Waals surface area contributed by atoms with Crippen LogP contribution >= 0.6 is 0 Å². The lowest BCUT2D eigenvalue weighted by Crippen LogP contribution is -2.35. The van der Waals surface area contributed by atoms with Crippen molar-refractivity contribution < 1.29 is 4.79 Å². The van der Waals surface area contributed by atoms with Gasteiger partial charge in [-0.2, -0.15) is 0 Å². The highest BCUT2D eigenvalue weighted by Crippen LogP contribution is 2.37. The zero-order chi connectivity index (χ0) is 11.4. The van der Waals surface area contributed by atoms with Crippen molar-refractivity contribution in [2.45, 2.75) is 25.3 Å². The first kappa shape index (κ1) is 10.9. The van der Waals surface area contributed by atoms with E-state index >= 15 is 0 Å². The molecule has 2 nitrogen and oxygen atoms in total. The highest BCUT2D eigenvalue weighted by Gasteiger charge is 2.28. The van der Waals surface area contributed by atoms with Crippen LogP contribution in [0, 0.1) is 5.92 Å². The predicted octanol–water partition coefficient (Wildman–Crippen LogP) is 2.83. The lowest BCUT2D eigenvalue weighted by Gasteiger charge is -2.34. The van der Waals surface area contributed by atoms with Gasteiger partial charge in [0.25, 0.3) is 0 Å². The Morgan fingerprint density at radius 1 is 1.38 bits per heavy atom. The van der Waals surface area contributed by atoms with E-state index in [1.807, 2.05) is 18.2 Å². The number of benzene rings is 1. The first-order valence-corrected chi connectivity index (χ1v) is 5.79. The lowest BCUT2D eigenvalue weighted by atomic mass is 9.77. The molecule has 1 aliphatic carbocycles. The van der Waals surface area contributed by atoms with Crippen LogP contribution in [0.4, 0.5) is 0 Å². The van der Waals surface area contributed by atoms with E-state index in [1.165, 1.54) is 30.9 Å². The molecule has 1 N–H and O–H groups in total. The number of amides is 1. The van der Waals surface area contributed by atoms with Crippen molar-refractivity contribution in [3.05, 3.63) is 48.6 Å². The molecule has 2 rings (SSSR count). The maximum atomic E-state index is 11.4. The SMILES string of the molecule is C=CC(=O)NC(c1ccccc1)C1CCC1. The largest absolute Gasteiger partial charge is 0.345 e. The molecule has 2 heteroatoms. The fourth-order valence-corrected chi connectivity index (χ4v) is 2.12. The molecule has 1 fully saturated rings. The molecule has 0 aliphatic heterocycles. The third-order valence-corrected chi connectivity index (χ3v) is 3.26. The molecule has 16 heavy (non-hydrogen) atoms. The molecule has 1 aromatic carbocycles. The Morgan fingerprint density at radius 3 is 2.56 bits per heavy atom. The highest BCUT2D eigenvalue weighted by molar-refractivity contribution is 5.87. The number of carbonyl (C=O) groups excluding carboxylic acids is 1. The van der Waals surface area contributed by atoms with E-state index in [2.05, 4.69) is 24.0 Å².